The molecule has 0 radical (unpaired) electrons. The van der Waals surface area contributed by atoms with Crippen LogP contribution in [0.1, 0.15) is 53.7 Å². The Bertz CT molecular complexity index is 1540. The van der Waals surface area contributed by atoms with Crippen molar-refractivity contribution in [3.63, 3.8) is 0 Å². The third kappa shape index (κ3) is 8.86. The van der Waals surface area contributed by atoms with Crippen LogP contribution in [0.2, 0.25) is 0 Å². The Balaban J connectivity index is 1.11. The normalized spacial score (nSPS) is 15.8. The van der Waals surface area contributed by atoms with Gasteiger partial charge in [0.1, 0.15) is 18.1 Å². The van der Waals surface area contributed by atoms with Crippen molar-refractivity contribution >= 4 is 28.2 Å². The van der Waals surface area contributed by atoms with Gasteiger partial charge in [-0.25, -0.2) is 4.21 Å². The number of nitrogens with zero attached hydrogens (tertiary/aromatic N) is 1. The van der Waals surface area contributed by atoms with E-state index in [0.29, 0.717) is 46.8 Å². The molecular formula is C35H36N2O5S. The lowest BCUT2D eigenvalue weighted by molar-refractivity contribution is 0.102. The number of carbonyl (C=O) groups excluding carboxylic acids is 1. The third-order valence-corrected chi connectivity index (χ3v) is 8.32. The maximum atomic E-state index is 12.8. The van der Waals surface area contributed by atoms with Gasteiger partial charge in [0.25, 0.3) is 5.91 Å². The summed E-state index contributed by atoms with van der Waals surface area (Å²) in [4.78, 5) is 18.1. The van der Waals surface area contributed by atoms with Crippen molar-refractivity contribution in [2.45, 2.75) is 43.6 Å². The zero-order valence-corrected chi connectivity index (χ0v) is 25.1. The summed E-state index contributed by atoms with van der Waals surface area (Å²) in [5.74, 6) is 1.62. The molecule has 2 unspecified atom stereocenters. The van der Waals surface area contributed by atoms with Crippen LogP contribution in [-0.4, -0.2) is 28.8 Å². The Hall–Kier alpha value is -4.27. The SMILES string of the molecule is COS(=O)c1cccc(OCC2CCCC=C(c3ccc(NC(=O)c4ccc(OCc5ccccc5)cc4)cn3)CC2)c1. The molecule has 0 fully saturated rings. The molecule has 1 aliphatic carbocycles. The number of hydrogen-bond donors (Lipinski definition) is 1. The van der Waals surface area contributed by atoms with Crippen molar-refractivity contribution in [1.29, 1.82) is 0 Å². The molecule has 0 spiro atoms. The van der Waals surface area contributed by atoms with Gasteiger partial charge in [0.15, 0.2) is 11.1 Å². The van der Waals surface area contributed by atoms with Crippen LogP contribution in [-0.2, 0) is 21.9 Å². The zero-order chi connectivity index (χ0) is 29.9. The minimum Gasteiger partial charge on any atom is -0.493 e. The summed E-state index contributed by atoms with van der Waals surface area (Å²) < 4.78 is 28.7. The number of carbonyl (C=O) groups is 1. The van der Waals surface area contributed by atoms with Crippen LogP contribution >= 0.6 is 0 Å². The Labute approximate surface area is 255 Å². The fraction of sp³-hybridized carbons (Fsp3) is 0.257. The first kappa shape index (κ1) is 30.2. The van der Waals surface area contributed by atoms with E-state index in [1.54, 1.807) is 42.6 Å². The van der Waals surface area contributed by atoms with Gasteiger partial charge in [0.05, 0.1) is 36.2 Å². The van der Waals surface area contributed by atoms with Crippen LogP contribution in [0.25, 0.3) is 5.57 Å². The van der Waals surface area contributed by atoms with E-state index in [1.807, 2.05) is 54.6 Å². The molecule has 1 heterocycles. The predicted molar refractivity (Wildman–Crippen MR) is 169 cm³/mol. The predicted octanol–water partition coefficient (Wildman–Crippen LogP) is 7.62. The molecule has 1 aliphatic rings. The lowest BCUT2D eigenvalue weighted by Gasteiger charge is -2.21. The second kappa shape index (κ2) is 15.3. The standard InChI is InChI=1S/C35H36N2O5S/c1-40-43(39)33-13-7-12-32(22-33)42-25-27-10-5-6-11-28(15-14-27)34-21-18-30(23-36-34)37-35(38)29-16-19-31(20-17-29)41-24-26-8-3-2-4-9-26/h2-4,7-9,11-13,16-23,27H,5-6,10,14-15,24-25H2,1H3,(H,37,38). The van der Waals surface area contributed by atoms with Gasteiger partial charge < -0.3 is 14.8 Å². The number of nitrogens with one attached hydrogen (secondary N) is 1. The largest absolute Gasteiger partial charge is 0.493 e. The smallest absolute Gasteiger partial charge is 0.255 e. The summed E-state index contributed by atoms with van der Waals surface area (Å²) in [7, 11) is 1.42. The van der Waals surface area contributed by atoms with Crippen LogP contribution in [0.3, 0.4) is 0 Å². The molecule has 4 aromatic rings. The number of aromatic nitrogens is 1. The van der Waals surface area contributed by atoms with Crippen molar-refractivity contribution in [2.24, 2.45) is 5.92 Å². The summed E-state index contributed by atoms with van der Waals surface area (Å²) in [5, 5.41) is 2.94. The minimum atomic E-state index is -1.48. The molecular weight excluding hydrogens is 560 g/mol. The molecule has 3 aromatic carbocycles. The molecule has 7 nitrogen and oxygen atoms in total. The van der Waals surface area contributed by atoms with E-state index in [-0.39, 0.29) is 5.91 Å². The van der Waals surface area contributed by atoms with E-state index in [4.69, 9.17) is 13.7 Å². The van der Waals surface area contributed by atoms with Crippen LogP contribution in [0.5, 0.6) is 11.5 Å². The van der Waals surface area contributed by atoms with Crippen LogP contribution < -0.4 is 14.8 Å². The number of hydrogen-bond acceptors (Lipinski definition) is 6. The van der Waals surface area contributed by atoms with Crippen molar-refractivity contribution in [1.82, 2.24) is 4.98 Å². The van der Waals surface area contributed by atoms with Crippen molar-refractivity contribution in [3.8, 4) is 11.5 Å². The molecule has 5 rings (SSSR count). The van der Waals surface area contributed by atoms with Gasteiger partial charge in [0, 0.05) is 5.56 Å². The summed E-state index contributed by atoms with van der Waals surface area (Å²) in [5.41, 5.74) is 4.42. The average molecular weight is 597 g/mol. The van der Waals surface area contributed by atoms with Crippen molar-refractivity contribution in [3.05, 3.63) is 120 Å². The molecule has 222 valence electrons. The molecule has 1 N–H and O–H groups in total. The van der Waals surface area contributed by atoms with Crippen LogP contribution in [0.4, 0.5) is 5.69 Å². The van der Waals surface area contributed by atoms with Crippen LogP contribution in [0.15, 0.2) is 108 Å². The quantitative estimate of drug-likeness (QED) is 0.192. The van der Waals surface area contributed by atoms with Crippen molar-refractivity contribution < 1.29 is 22.7 Å². The van der Waals surface area contributed by atoms with E-state index in [9.17, 15) is 9.00 Å². The maximum Gasteiger partial charge on any atom is 0.255 e. The van der Waals surface area contributed by atoms with Crippen molar-refractivity contribution in [2.75, 3.05) is 19.0 Å². The Morgan fingerprint density at radius 1 is 0.930 bits per heavy atom. The number of pyridine rings is 1. The highest BCUT2D eigenvalue weighted by molar-refractivity contribution is 7.80. The fourth-order valence-corrected chi connectivity index (χ4v) is 5.57. The first-order chi connectivity index (χ1) is 21.1. The maximum absolute atomic E-state index is 12.8. The van der Waals surface area contributed by atoms with E-state index in [2.05, 4.69) is 16.4 Å². The van der Waals surface area contributed by atoms with Gasteiger partial charge in [-0.3, -0.25) is 14.0 Å². The molecule has 8 heteroatoms. The summed E-state index contributed by atoms with van der Waals surface area (Å²) in [6.07, 6.45) is 9.03. The van der Waals surface area contributed by atoms with E-state index in [1.165, 1.54) is 12.7 Å². The highest BCUT2D eigenvalue weighted by Crippen LogP contribution is 2.29. The topological polar surface area (TPSA) is 86.8 Å². The number of anilines is 1. The second-order valence-corrected chi connectivity index (χ2v) is 11.7. The molecule has 2 atom stereocenters. The monoisotopic (exact) mass is 596 g/mol. The minimum absolute atomic E-state index is 0.198. The molecule has 0 saturated heterocycles. The highest BCUT2D eigenvalue weighted by atomic mass is 32.2. The molecule has 0 saturated carbocycles. The Morgan fingerprint density at radius 2 is 1.77 bits per heavy atom. The van der Waals surface area contributed by atoms with E-state index in [0.717, 1.165) is 43.4 Å². The molecule has 1 amide bonds. The van der Waals surface area contributed by atoms with Gasteiger partial charge in [-0.15, -0.1) is 0 Å². The third-order valence-electron chi connectivity index (χ3n) is 7.38. The lowest BCUT2D eigenvalue weighted by Crippen LogP contribution is -2.14. The number of rotatable bonds is 11. The van der Waals surface area contributed by atoms with Crippen LogP contribution in [0, 0.1) is 5.92 Å². The summed E-state index contributed by atoms with van der Waals surface area (Å²) >= 11 is -1.48. The van der Waals surface area contributed by atoms with Gasteiger partial charge in [-0.2, -0.15) is 0 Å². The number of ether oxygens (including phenoxy) is 2. The zero-order valence-electron chi connectivity index (χ0n) is 24.2. The number of allylic oxidation sites excluding steroid dienone is 2. The summed E-state index contributed by atoms with van der Waals surface area (Å²) in [6, 6.07) is 28.2. The number of benzene rings is 3. The first-order valence-electron chi connectivity index (χ1n) is 14.5. The lowest BCUT2D eigenvalue weighted by atomic mass is 9.90. The highest BCUT2D eigenvalue weighted by Gasteiger charge is 2.16. The molecule has 43 heavy (non-hydrogen) atoms. The van der Waals surface area contributed by atoms with E-state index < -0.39 is 11.1 Å². The van der Waals surface area contributed by atoms with Gasteiger partial charge >= 0.3 is 0 Å². The van der Waals surface area contributed by atoms with E-state index >= 15 is 0 Å². The first-order valence-corrected chi connectivity index (χ1v) is 15.6. The van der Waals surface area contributed by atoms with Gasteiger partial charge in [-0.05, 0) is 104 Å². The summed E-state index contributed by atoms with van der Waals surface area (Å²) in [6.45, 7) is 1.08. The van der Waals surface area contributed by atoms with Gasteiger partial charge in [-0.1, -0.05) is 42.5 Å². The Morgan fingerprint density at radius 3 is 2.53 bits per heavy atom. The number of amides is 1. The molecule has 0 aliphatic heterocycles. The Kier molecular flexibility index (Phi) is 10.7. The molecule has 0 bridgehead atoms. The average Bonchev–Trinajstić information content (AvgIpc) is 3.04. The molecule has 1 aromatic heterocycles. The second-order valence-electron chi connectivity index (χ2n) is 10.4. The van der Waals surface area contributed by atoms with Gasteiger partial charge in [0.2, 0.25) is 0 Å². The fourth-order valence-electron chi connectivity index (χ4n) is 4.97.